The largest absolute Gasteiger partial charge is 0.465 e. The molecule has 0 N–H and O–H groups in total. The average molecular weight is 249 g/mol. The number of aryl methyl sites for hydroxylation is 1. The van der Waals surface area contributed by atoms with Crippen molar-refractivity contribution in [2.75, 3.05) is 33.4 Å². The maximum Gasteiger partial charge on any atom is 0.338 e. The fourth-order valence-electron chi connectivity index (χ4n) is 2.11. The zero-order valence-corrected chi connectivity index (χ0v) is 10.9. The number of carbonyl (C=O) groups is 1. The Morgan fingerprint density at radius 1 is 1.39 bits per heavy atom. The number of rotatable bonds is 3. The minimum atomic E-state index is -0.267. The molecule has 0 atom stereocenters. The fourth-order valence-corrected chi connectivity index (χ4v) is 2.11. The Morgan fingerprint density at radius 3 is 2.78 bits per heavy atom. The Labute approximate surface area is 107 Å². The van der Waals surface area contributed by atoms with Gasteiger partial charge in [0.15, 0.2) is 0 Å². The zero-order valence-electron chi connectivity index (χ0n) is 10.9. The summed E-state index contributed by atoms with van der Waals surface area (Å²) in [6, 6.07) is 5.97. The fraction of sp³-hybridized carbons (Fsp3) is 0.500. The van der Waals surface area contributed by atoms with E-state index in [1.165, 1.54) is 7.11 Å². The predicted molar refractivity (Wildman–Crippen MR) is 68.6 cm³/mol. The van der Waals surface area contributed by atoms with Gasteiger partial charge in [-0.25, -0.2) is 4.79 Å². The van der Waals surface area contributed by atoms with Gasteiger partial charge < -0.3 is 9.47 Å². The van der Waals surface area contributed by atoms with Crippen LogP contribution >= 0.6 is 0 Å². The number of carbonyl (C=O) groups excluding carboxylic acids is 1. The molecule has 0 amide bonds. The van der Waals surface area contributed by atoms with Gasteiger partial charge in [0.2, 0.25) is 0 Å². The predicted octanol–water partition coefficient (Wildman–Crippen LogP) is 1.61. The average Bonchev–Trinajstić information content (AvgIpc) is 2.41. The third kappa shape index (κ3) is 3.09. The minimum absolute atomic E-state index is 0.267. The van der Waals surface area contributed by atoms with Crippen molar-refractivity contribution in [3.63, 3.8) is 0 Å². The van der Waals surface area contributed by atoms with Crippen molar-refractivity contribution in [1.29, 1.82) is 0 Å². The molecule has 1 aromatic rings. The van der Waals surface area contributed by atoms with E-state index >= 15 is 0 Å². The molecule has 1 aliphatic rings. The Balaban J connectivity index is 2.11. The second-order valence-electron chi connectivity index (χ2n) is 4.53. The van der Waals surface area contributed by atoms with Crippen LogP contribution in [0.15, 0.2) is 18.2 Å². The summed E-state index contributed by atoms with van der Waals surface area (Å²) in [5, 5.41) is 0. The van der Waals surface area contributed by atoms with Crippen molar-refractivity contribution >= 4 is 5.97 Å². The Morgan fingerprint density at radius 2 is 2.11 bits per heavy atom. The van der Waals surface area contributed by atoms with Crippen LogP contribution in [0.25, 0.3) is 0 Å². The van der Waals surface area contributed by atoms with Crippen LogP contribution in [-0.4, -0.2) is 44.3 Å². The molecule has 0 spiro atoms. The molecule has 0 unspecified atom stereocenters. The number of ether oxygens (including phenoxy) is 2. The standard InChI is InChI=1S/C14H19NO3/c1-11-3-4-12(9-13(11)14(16)17-2)10-15-5-7-18-8-6-15/h3-4,9H,5-8,10H2,1-2H3. The Kier molecular flexibility index (Phi) is 4.33. The second-order valence-corrected chi connectivity index (χ2v) is 4.53. The van der Waals surface area contributed by atoms with Crippen molar-refractivity contribution in [2.24, 2.45) is 0 Å². The lowest BCUT2D eigenvalue weighted by Crippen LogP contribution is -2.35. The summed E-state index contributed by atoms with van der Waals surface area (Å²) in [5.74, 6) is -0.267. The monoisotopic (exact) mass is 249 g/mol. The van der Waals surface area contributed by atoms with E-state index in [-0.39, 0.29) is 5.97 Å². The Hall–Kier alpha value is -1.39. The summed E-state index contributed by atoms with van der Waals surface area (Å²) in [7, 11) is 1.41. The van der Waals surface area contributed by atoms with Crippen LogP contribution in [0.5, 0.6) is 0 Å². The van der Waals surface area contributed by atoms with Crippen LogP contribution in [0.3, 0.4) is 0 Å². The van der Waals surface area contributed by atoms with Crippen molar-refractivity contribution in [1.82, 2.24) is 4.90 Å². The van der Waals surface area contributed by atoms with Crippen molar-refractivity contribution < 1.29 is 14.3 Å². The van der Waals surface area contributed by atoms with E-state index in [9.17, 15) is 4.79 Å². The van der Waals surface area contributed by atoms with E-state index in [2.05, 4.69) is 11.0 Å². The molecule has 0 aromatic heterocycles. The van der Waals surface area contributed by atoms with Gasteiger partial charge in [-0.05, 0) is 24.1 Å². The van der Waals surface area contributed by atoms with Gasteiger partial charge in [-0.2, -0.15) is 0 Å². The molecule has 4 nitrogen and oxygen atoms in total. The van der Waals surface area contributed by atoms with Crippen molar-refractivity contribution in [3.8, 4) is 0 Å². The van der Waals surface area contributed by atoms with Crippen LogP contribution in [0.1, 0.15) is 21.5 Å². The molecule has 0 radical (unpaired) electrons. The maximum absolute atomic E-state index is 11.6. The lowest BCUT2D eigenvalue weighted by atomic mass is 10.0. The van der Waals surface area contributed by atoms with Gasteiger partial charge in [-0.1, -0.05) is 12.1 Å². The Bertz CT molecular complexity index is 425. The van der Waals surface area contributed by atoms with Crippen LogP contribution in [0, 0.1) is 6.92 Å². The molecule has 18 heavy (non-hydrogen) atoms. The van der Waals surface area contributed by atoms with Gasteiger partial charge in [0, 0.05) is 19.6 Å². The lowest BCUT2D eigenvalue weighted by Gasteiger charge is -2.26. The minimum Gasteiger partial charge on any atom is -0.465 e. The van der Waals surface area contributed by atoms with Crippen molar-refractivity contribution in [3.05, 3.63) is 34.9 Å². The highest BCUT2D eigenvalue weighted by Crippen LogP contribution is 2.14. The molecule has 1 aliphatic heterocycles. The number of nitrogens with zero attached hydrogens (tertiary/aromatic N) is 1. The number of methoxy groups -OCH3 is 1. The molecular formula is C14H19NO3. The first-order valence-electron chi connectivity index (χ1n) is 6.18. The molecule has 1 aromatic carbocycles. The number of esters is 1. The van der Waals surface area contributed by atoms with Gasteiger partial charge in [-0.15, -0.1) is 0 Å². The number of hydrogen-bond acceptors (Lipinski definition) is 4. The third-order valence-corrected chi connectivity index (χ3v) is 3.22. The molecule has 2 rings (SSSR count). The van der Waals surface area contributed by atoms with Gasteiger partial charge in [-0.3, -0.25) is 4.90 Å². The van der Waals surface area contributed by atoms with Crippen molar-refractivity contribution in [2.45, 2.75) is 13.5 Å². The zero-order chi connectivity index (χ0) is 13.0. The summed E-state index contributed by atoms with van der Waals surface area (Å²) < 4.78 is 10.1. The van der Waals surface area contributed by atoms with Crippen LogP contribution in [-0.2, 0) is 16.0 Å². The van der Waals surface area contributed by atoms with E-state index in [0.717, 1.165) is 44.0 Å². The first kappa shape index (κ1) is 13.1. The van der Waals surface area contributed by atoms with Crippen LogP contribution < -0.4 is 0 Å². The first-order valence-corrected chi connectivity index (χ1v) is 6.18. The van der Waals surface area contributed by atoms with E-state index in [1.54, 1.807) is 0 Å². The molecule has 0 saturated carbocycles. The maximum atomic E-state index is 11.6. The van der Waals surface area contributed by atoms with Crippen LogP contribution in [0.2, 0.25) is 0 Å². The highest BCUT2D eigenvalue weighted by Gasteiger charge is 2.13. The smallest absolute Gasteiger partial charge is 0.338 e. The molecular weight excluding hydrogens is 230 g/mol. The van der Waals surface area contributed by atoms with Crippen LogP contribution in [0.4, 0.5) is 0 Å². The number of morpholine rings is 1. The molecule has 0 aliphatic carbocycles. The summed E-state index contributed by atoms with van der Waals surface area (Å²) in [5.41, 5.74) is 2.75. The van der Waals surface area contributed by atoms with Gasteiger partial charge in [0.25, 0.3) is 0 Å². The van der Waals surface area contributed by atoms with Gasteiger partial charge in [0.05, 0.1) is 25.9 Å². The second kappa shape index (κ2) is 5.98. The topological polar surface area (TPSA) is 38.8 Å². The number of benzene rings is 1. The lowest BCUT2D eigenvalue weighted by molar-refractivity contribution is 0.0341. The van der Waals surface area contributed by atoms with E-state index in [4.69, 9.17) is 9.47 Å². The molecule has 1 fully saturated rings. The van der Waals surface area contributed by atoms with E-state index in [1.807, 2.05) is 19.1 Å². The van der Waals surface area contributed by atoms with E-state index < -0.39 is 0 Å². The highest BCUT2D eigenvalue weighted by atomic mass is 16.5. The first-order chi connectivity index (χ1) is 8.70. The summed E-state index contributed by atoms with van der Waals surface area (Å²) >= 11 is 0. The molecule has 98 valence electrons. The third-order valence-electron chi connectivity index (χ3n) is 3.22. The highest BCUT2D eigenvalue weighted by molar-refractivity contribution is 5.91. The van der Waals surface area contributed by atoms with E-state index in [0.29, 0.717) is 5.56 Å². The summed E-state index contributed by atoms with van der Waals surface area (Å²) in [6.45, 7) is 6.24. The quantitative estimate of drug-likeness (QED) is 0.763. The summed E-state index contributed by atoms with van der Waals surface area (Å²) in [6.07, 6.45) is 0. The molecule has 0 bridgehead atoms. The summed E-state index contributed by atoms with van der Waals surface area (Å²) in [4.78, 5) is 14.0. The van der Waals surface area contributed by atoms with Gasteiger partial charge >= 0.3 is 5.97 Å². The normalized spacial score (nSPS) is 16.6. The molecule has 4 heteroatoms. The molecule has 1 saturated heterocycles. The molecule has 1 heterocycles. The SMILES string of the molecule is COC(=O)c1cc(CN2CCOCC2)ccc1C. The number of hydrogen-bond donors (Lipinski definition) is 0. The van der Waals surface area contributed by atoms with Gasteiger partial charge in [0.1, 0.15) is 0 Å².